The summed E-state index contributed by atoms with van der Waals surface area (Å²) >= 11 is 6.18. The predicted molar refractivity (Wildman–Crippen MR) is 143 cm³/mol. The SMILES string of the molecule is CC(C)Oc1ccc(Cl)cc1NC(=O)CN1CCc2nc3ccccc3c(C(=O)N3CCOCC3)c2C1. The van der Waals surface area contributed by atoms with Gasteiger partial charge in [0, 0.05) is 54.3 Å². The molecule has 1 saturated heterocycles. The van der Waals surface area contributed by atoms with Crippen molar-refractivity contribution in [2.75, 3.05) is 44.7 Å². The number of nitrogens with one attached hydrogen (secondary N) is 1. The largest absolute Gasteiger partial charge is 0.489 e. The Balaban J connectivity index is 1.39. The Hall–Kier alpha value is -3.20. The summed E-state index contributed by atoms with van der Waals surface area (Å²) in [5, 5.41) is 4.31. The molecule has 194 valence electrons. The van der Waals surface area contributed by atoms with Crippen LogP contribution in [-0.2, 0) is 22.5 Å². The fraction of sp³-hybridized carbons (Fsp3) is 0.393. The minimum Gasteiger partial charge on any atom is -0.489 e. The summed E-state index contributed by atoms with van der Waals surface area (Å²) in [6.07, 6.45) is 0.621. The van der Waals surface area contributed by atoms with Crippen LogP contribution in [0.25, 0.3) is 10.9 Å². The maximum absolute atomic E-state index is 13.7. The second kappa shape index (κ2) is 11.0. The first-order valence-corrected chi connectivity index (χ1v) is 13.0. The highest BCUT2D eigenvalue weighted by Gasteiger charge is 2.29. The van der Waals surface area contributed by atoms with Crippen LogP contribution < -0.4 is 10.1 Å². The molecular formula is C28H31ClN4O4. The molecule has 1 N–H and O–H groups in total. The molecule has 8 nitrogen and oxygen atoms in total. The minimum absolute atomic E-state index is 0.00106. The number of amides is 2. The third kappa shape index (κ3) is 5.71. The molecule has 0 saturated carbocycles. The normalized spacial score (nSPS) is 16.1. The molecule has 0 atom stereocenters. The van der Waals surface area contributed by atoms with Crippen molar-refractivity contribution in [2.24, 2.45) is 0 Å². The van der Waals surface area contributed by atoms with E-state index in [-0.39, 0.29) is 24.5 Å². The number of aromatic nitrogens is 1. The van der Waals surface area contributed by atoms with Crippen LogP contribution in [-0.4, -0.2) is 72.1 Å². The Morgan fingerprint density at radius 1 is 1.14 bits per heavy atom. The minimum atomic E-state index is -0.172. The molecule has 2 aromatic carbocycles. The van der Waals surface area contributed by atoms with Gasteiger partial charge in [-0.2, -0.15) is 0 Å². The number of anilines is 1. The van der Waals surface area contributed by atoms with Crippen molar-refractivity contribution >= 4 is 40.0 Å². The van der Waals surface area contributed by atoms with Gasteiger partial charge in [0.05, 0.1) is 42.6 Å². The summed E-state index contributed by atoms with van der Waals surface area (Å²) in [6, 6.07) is 13.0. The highest BCUT2D eigenvalue weighted by molar-refractivity contribution is 6.31. The average Bonchev–Trinajstić information content (AvgIpc) is 2.89. The van der Waals surface area contributed by atoms with Crippen molar-refractivity contribution < 1.29 is 19.1 Å². The number of ether oxygens (including phenoxy) is 2. The topological polar surface area (TPSA) is 84.0 Å². The van der Waals surface area contributed by atoms with Gasteiger partial charge in [-0.25, -0.2) is 0 Å². The zero-order valence-electron chi connectivity index (χ0n) is 21.1. The molecule has 9 heteroatoms. The van der Waals surface area contributed by atoms with Crippen LogP contribution in [0, 0.1) is 0 Å². The maximum Gasteiger partial charge on any atom is 0.255 e. The molecule has 5 rings (SSSR count). The molecule has 2 aliphatic rings. The van der Waals surface area contributed by atoms with E-state index in [0.717, 1.165) is 22.2 Å². The molecule has 1 aromatic heterocycles. The molecule has 1 fully saturated rings. The molecule has 0 aliphatic carbocycles. The molecule has 3 heterocycles. The van der Waals surface area contributed by atoms with Crippen molar-refractivity contribution in [3.63, 3.8) is 0 Å². The van der Waals surface area contributed by atoms with Crippen LogP contribution in [0.15, 0.2) is 42.5 Å². The average molecular weight is 523 g/mol. The van der Waals surface area contributed by atoms with E-state index in [1.807, 2.05) is 43.0 Å². The summed E-state index contributed by atoms with van der Waals surface area (Å²) in [4.78, 5) is 35.6. The Bertz CT molecular complexity index is 1320. The second-order valence-electron chi connectivity index (χ2n) is 9.65. The van der Waals surface area contributed by atoms with Crippen molar-refractivity contribution in [1.29, 1.82) is 0 Å². The van der Waals surface area contributed by atoms with Crippen molar-refractivity contribution in [3.05, 3.63) is 64.3 Å². The van der Waals surface area contributed by atoms with Gasteiger partial charge < -0.3 is 19.7 Å². The van der Waals surface area contributed by atoms with Gasteiger partial charge >= 0.3 is 0 Å². The van der Waals surface area contributed by atoms with Crippen molar-refractivity contribution in [1.82, 2.24) is 14.8 Å². The number of hydrogen-bond acceptors (Lipinski definition) is 6. The molecule has 37 heavy (non-hydrogen) atoms. The van der Waals surface area contributed by atoms with E-state index in [1.165, 1.54) is 0 Å². The lowest BCUT2D eigenvalue weighted by molar-refractivity contribution is -0.117. The van der Waals surface area contributed by atoms with Gasteiger partial charge in [-0.15, -0.1) is 0 Å². The molecule has 0 bridgehead atoms. The fourth-order valence-corrected chi connectivity index (χ4v) is 5.07. The van der Waals surface area contributed by atoms with Crippen LogP contribution in [0.5, 0.6) is 5.75 Å². The van der Waals surface area contributed by atoms with E-state index in [4.69, 9.17) is 26.1 Å². The van der Waals surface area contributed by atoms with Gasteiger partial charge in [0.15, 0.2) is 0 Å². The molecule has 0 radical (unpaired) electrons. The number of pyridine rings is 1. The molecular weight excluding hydrogens is 492 g/mol. The van der Waals surface area contributed by atoms with E-state index >= 15 is 0 Å². The Morgan fingerprint density at radius 3 is 2.70 bits per heavy atom. The van der Waals surface area contributed by atoms with Crippen LogP contribution in [0.4, 0.5) is 5.69 Å². The van der Waals surface area contributed by atoms with Crippen molar-refractivity contribution in [2.45, 2.75) is 32.9 Å². The zero-order chi connectivity index (χ0) is 25.9. The first-order chi connectivity index (χ1) is 17.9. The van der Waals surface area contributed by atoms with Crippen molar-refractivity contribution in [3.8, 4) is 5.75 Å². The molecule has 3 aromatic rings. The summed E-state index contributed by atoms with van der Waals surface area (Å²) in [5.41, 5.74) is 3.88. The number of carbonyl (C=O) groups excluding carboxylic acids is 2. The Labute approximate surface area is 221 Å². The van der Waals surface area contributed by atoms with E-state index in [2.05, 4.69) is 10.2 Å². The van der Waals surface area contributed by atoms with Gasteiger partial charge in [0.1, 0.15) is 5.75 Å². The number of hydrogen-bond donors (Lipinski definition) is 1. The lowest BCUT2D eigenvalue weighted by Crippen LogP contribution is -2.42. The van der Waals surface area contributed by atoms with Crippen LogP contribution in [0.1, 0.15) is 35.5 Å². The number of nitrogens with zero attached hydrogens (tertiary/aromatic N) is 3. The molecule has 2 amide bonds. The summed E-state index contributed by atoms with van der Waals surface area (Å²) in [6.45, 7) is 7.37. The number of rotatable bonds is 6. The Morgan fingerprint density at radius 2 is 1.92 bits per heavy atom. The Kier molecular flexibility index (Phi) is 7.60. The van der Waals surface area contributed by atoms with E-state index in [0.29, 0.717) is 67.8 Å². The predicted octanol–water partition coefficient (Wildman–Crippen LogP) is 4.14. The zero-order valence-corrected chi connectivity index (χ0v) is 21.9. The third-order valence-electron chi connectivity index (χ3n) is 6.58. The van der Waals surface area contributed by atoms with E-state index in [9.17, 15) is 9.59 Å². The lowest BCUT2D eigenvalue weighted by atomic mass is 9.94. The highest BCUT2D eigenvalue weighted by Crippen LogP contribution is 2.31. The number of carbonyl (C=O) groups is 2. The standard InChI is InChI=1S/C28H31ClN4O4/c1-18(2)37-25-8-7-19(29)15-24(25)31-26(34)17-32-10-9-23-21(16-32)27(20-5-3-4-6-22(20)30-23)28(35)33-11-13-36-14-12-33/h3-8,15,18H,9-14,16-17H2,1-2H3,(H,31,34). The number of para-hydroxylation sites is 1. The first-order valence-electron chi connectivity index (χ1n) is 12.6. The van der Waals surface area contributed by atoms with Gasteiger partial charge in [0.2, 0.25) is 5.91 Å². The van der Waals surface area contributed by atoms with E-state index < -0.39 is 0 Å². The van der Waals surface area contributed by atoms with Gasteiger partial charge in [0.25, 0.3) is 5.91 Å². The van der Waals surface area contributed by atoms with Crippen LogP contribution >= 0.6 is 11.6 Å². The molecule has 2 aliphatic heterocycles. The lowest BCUT2D eigenvalue weighted by Gasteiger charge is -2.32. The number of benzene rings is 2. The summed E-state index contributed by atoms with van der Waals surface area (Å²) < 4.78 is 11.3. The summed E-state index contributed by atoms with van der Waals surface area (Å²) in [5.74, 6) is 0.402. The van der Waals surface area contributed by atoms with Gasteiger partial charge in [-0.05, 0) is 38.1 Å². The van der Waals surface area contributed by atoms with E-state index in [1.54, 1.807) is 18.2 Å². The molecule has 0 unspecified atom stereocenters. The second-order valence-corrected chi connectivity index (χ2v) is 10.1. The highest BCUT2D eigenvalue weighted by atomic mass is 35.5. The first kappa shape index (κ1) is 25.4. The monoisotopic (exact) mass is 522 g/mol. The summed E-state index contributed by atoms with van der Waals surface area (Å²) in [7, 11) is 0. The number of morpholine rings is 1. The number of fused-ring (bicyclic) bond motifs is 2. The third-order valence-corrected chi connectivity index (χ3v) is 6.82. The van der Waals surface area contributed by atoms with Crippen LogP contribution in [0.3, 0.4) is 0 Å². The van der Waals surface area contributed by atoms with Crippen LogP contribution in [0.2, 0.25) is 5.02 Å². The number of halogens is 1. The maximum atomic E-state index is 13.7. The quantitative estimate of drug-likeness (QED) is 0.524. The fourth-order valence-electron chi connectivity index (χ4n) is 4.90. The molecule has 0 spiro atoms. The van der Waals surface area contributed by atoms with Gasteiger partial charge in [-0.3, -0.25) is 19.5 Å². The van der Waals surface area contributed by atoms with Gasteiger partial charge in [-0.1, -0.05) is 29.8 Å². The smallest absolute Gasteiger partial charge is 0.255 e.